The van der Waals surface area contributed by atoms with Crippen molar-refractivity contribution in [3.8, 4) is 0 Å². The molecule has 2 heterocycles. The molecular formula is C9H10BrClN2S. The number of hydrogen-bond acceptors (Lipinski definition) is 2. The summed E-state index contributed by atoms with van der Waals surface area (Å²) in [7, 11) is 0. The van der Waals surface area contributed by atoms with Crippen LogP contribution in [0, 0.1) is 0 Å². The van der Waals surface area contributed by atoms with E-state index in [1.807, 2.05) is 6.20 Å². The lowest BCUT2D eigenvalue weighted by atomic mass is 10.1. The van der Waals surface area contributed by atoms with Crippen molar-refractivity contribution < 1.29 is 0 Å². The molecule has 1 N–H and O–H groups in total. The Morgan fingerprint density at radius 1 is 1.57 bits per heavy atom. The van der Waals surface area contributed by atoms with E-state index >= 15 is 0 Å². The molecule has 0 bridgehead atoms. The molecule has 0 aliphatic rings. The van der Waals surface area contributed by atoms with Crippen LogP contribution in [0.1, 0.15) is 23.4 Å². The third kappa shape index (κ3) is 2.19. The molecule has 0 aliphatic heterocycles. The quantitative estimate of drug-likeness (QED) is 0.896. The van der Waals surface area contributed by atoms with Crippen molar-refractivity contribution in [1.29, 1.82) is 0 Å². The number of halogens is 2. The second-order valence-electron chi connectivity index (χ2n) is 2.85. The second-order valence-corrected chi connectivity index (χ2v) is 4.65. The lowest BCUT2D eigenvalue weighted by Crippen LogP contribution is -1.93. The van der Waals surface area contributed by atoms with Crippen LogP contribution < -0.4 is 0 Å². The van der Waals surface area contributed by atoms with Crippen LogP contribution in [-0.4, -0.2) is 9.97 Å². The van der Waals surface area contributed by atoms with Gasteiger partial charge in [-0.1, -0.05) is 6.92 Å². The predicted molar refractivity (Wildman–Crippen MR) is 65.4 cm³/mol. The maximum atomic E-state index is 4.24. The van der Waals surface area contributed by atoms with Crippen molar-refractivity contribution in [3.63, 3.8) is 0 Å². The Labute approximate surface area is 101 Å². The highest BCUT2D eigenvalue weighted by atomic mass is 79.9. The summed E-state index contributed by atoms with van der Waals surface area (Å²) >= 11 is 5.28. The molecule has 14 heavy (non-hydrogen) atoms. The molecule has 0 radical (unpaired) electrons. The predicted octanol–water partition coefficient (Wildman–Crippen LogP) is 3.81. The molecule has 2 rings (SSSR count). The number of H-pyrrole nitrogens is 1. The summed E-state index contributed by atoms with van der Waals surface area (Å²) in [4.78, 5) is 8.54. The molecule has 0 spiro atoms. The molecule has 2 aromatic heterocycles. The summed E-state index contributed by atoms with van der Waals surface area (Å²) in [6.45, 7) is 2.16. The normalized spacial score (nSPS) is 12.1. The van der Waals surface area contributed by atoms with Gasteiger partial charge in [-0.3, -0.25) is 0 Å². The van der Waals surface area contributed by atoms with Crippen LogP contribution in [0.25, 0.3) is 0 Å². The molecule has 0 saturated carbocycles. The summed E-state index contributed by atoms with van der Waals surface area (Å²) < 4.78 is 1.17. The highest BCUT2D eigenvalue weighted by molar-refractivity contribution is 9.10. The Kier molecular flexibility index (Phi) is 4.16. The Morgan fingerprint density at radius 2 is 2.36 bits per heavy atom. The van der Waals surface area contributed by atoms with Gasteiger partial charge < -0.3 is 4.98 Å². The number of hydrogen-bond donors (Lipinski definition) is 1. The van der Waals surface area contributed by atoms with Crippen LogP contribution in [-0.2, 0) is 0 Å². The van der Waals surface area contributed by atoms with Gasteiger partial charge in [0.05, 0.1) is 12.0 Å². The van der Waals surface area contributed by atoms with Gasteiger partial charge in [0.15, 0.2) is 0 Å². The van der Waals surface area contributed by atoms with E-state index in [-0.39, 0.29) is 12.4 Å². The zero-order chi connectivity index (χ0) is 9.26. The van der Waals surface area contributed by atoms with Gasteiger partial charge in [-0.25, -0.2) is 4.98 Å². The van der Waals surface area contributed by atoms with Gasteiger partial charge in [0.1, 0.15) is 0 Å². The smallest absolute Gasteiger partial charge is 0.0923 e. The number of nitrogens with one attached hydrogen (secondary N) is 1. The Hall–Kier alpha value is -0.320. The number of thiophene rings is 1. The third-order valence-electron chi connectivity index (χ3n) is 2.00. The SMILES string of the molecule is CC(c1c[nH]cn1)c1sccc1Br.Cl. The topological polar surface area (TPSA) is 28.7 Å². The first kappa shape index (κ1) is 11.8. The van der Waals surface area contributed by atoms with Crippen LogP contribution in [0.5, 0.6) is 0 Å². The molecule has 2 nitrogen and oxygen atoms in total. The van der Waals surface area contributed by atoms with E-state index in [2.05, 4.69) is 44.3 Å². The molecular weight excluding hydrogens is 284 g/mol. The average molecular weight is 294 g/mol. The van der Waals surface area contributed by atoms with E-state index in [0.717, 1.165) is 5.69 Å². The number of imidazole rings is 1. The van der Waals surface area contributed by atoms with Crippen molar-refractivity contribution in [1.82, 2.24) is 9.97 Å². The highest BCUT2D eigenvalue weighted by Crippen LogP contribution is 2.33. The molecule has 1 unspecified atom stereocenters. The first-order chi connectivity index (χ1) is 6.29. The zero-order valence-corrected chi connectivity index (χ0v) is 10.7. The largest absolute Gasteiger partial charge is 0.351 e. The molecule has 0 aromatic carbocycles. The van der Waals surface area contributed by atoms with E-state index in [1.165, 1.54) is 9.35 Å². The van der Waals surface area contributed by atoms with E-state index in [9.17, 15) is 0 Å². The maximum Gasteiger partial charge on any atom is 0.0923 e. The van der Waals surface area contributed by atoms with Crippen molar-refractivity contribution in [2.75, 3.05) is 0 Å². The molecule has 0 fully saturated rings. The lowest BCUT2D eigenvalue weighted by Gasteiger charge is -2.05. The van der Waals surface area contributed by atoms with Crippen LogP contribution in [0.15, 0.2) is 28.4 Å². The number of rotatable bonds is 2. The Bertz CT molecular complexity index is 385. The number of aromatic nitrogens is 2. The molecule has 0 aliphatic carbocycles. The Morgan fingerprint density at radius 3 is 2.86 bits per heavy atom. The third-order valence-corrected chi connectivity index (χ3v) is 4.05. The van der Waals surface area contributed by atoms with Crippen LogP contribution >= 0.6 is 39.7 Å². The maximum absolute atomic E-state index is 4.24. The van der Waals surface area contributed by atoms with Crippen molar-refractivity contribution in [3.05, 3.63) is 39.0 Å². The van der Waals surface area contributed by atoms with E-state index in [0.29, 0.717) is 5.92 Å². The summed E-state index contributed by atoms with van der Waals surface area (Å²) in [5.41, 5.74) is 1.09. The van der Waals surface area contributed by atoms with Crippen molar-refractivity contribution in [2.45, 2.75) is 12.8 Å². The molecule has 0 amide bonds. The number of aromatic amines is 1. The first-order valence-electron chi connectivity index (χ1n) is 4.00. The molecule has 0 saturated heterocycles. The van der Waals surface area contributed by atoms with Crippen molar-refractivity contribution >= 4 is 39.7 Å². The molecule has 5 heteroatoms. The van der Waals surface area contributed by atoms with Gasteiger partial charge in [0.25, 0.3) is 0 Å². The van der Waals surface area contributed by atoms with Gasteiger partial charge in [-0.05, 0) is 27.4 Å². The standard InChI is InChI=1S/C9H9BrN2S.ClH/c1-6(8-4-11-5-12-8)9-7(10)2-3-13-9;/h2-6H,1H3,(H,11,12);1H. The highest BCUT2D eigenvalue weighted by Gasteiger charge is 2.14. The van der Waals surface area contributed by atoms with Crippen molar-refractivity contribution in [2.24, 2.45) is 0 Å². The lowest BCUT2D eigenvalue weighted by molar-refractivity contribution is 0.900. The van der Waals surface area contributed by atoms with E-state index in [4.69, 9.17) is 0 Å². The van der Waals surface area contributed by atoms with E-state index in [1.54, 1.807) is 17.7 Å². The molecule has 2 aromatic rings. The van der Waals surface area contributed by atoms with Gasteiger partial charge >= 0.3 is 0 Å². The fraction of sp³-hybridized carbons (Fsp3) is 0.222. The first-order valence-corrected chi connectivity index (χ1v) is 5.68. The van der Waals surface area contributed by atoms with Gasteiger partial charge in [-0.2, -0.15) is 0 Å². The zero-order valence-electron chi connectivity index (χ0n) is 7.53. The van der Waals surface area contributed by atoms with Gasteiger partial charge in [0, 0.05) is 21.5 Å². The summed E-state index contributed by atoms with van der Waals surface area (Å²) in [6.07, 6.45) is 3.66. The monoisotopic (exact) mass is 292 g/mol. The Balaban J connectivity index is 0.000000980. The summed E-state index contributed by atoms with van der Waals surface area (Å²) in [5, 5.41) is 2.09. The second kappa shape index (κ2) is 4.96. The fourth-order valence-corrected chi connectivity index (χ4v) is 3.04. The van der Waals surface area contributed by atoms with Crippen LogP contribution in [0.2, 0.25) is 0 Å². The van der Waals surface area contributed by atoms with Crippen LogP contribution in [0.4, 0.5) is 0 Å². The van der Waals surface area contributed by atoms with Crippen LogP contribution in [0.3, 0.4) is 0 Å². The minimum atomic E-state index is 0. The van der Waals surface area contributed by atoms with E-state index < -0.39 is 0 Å². The van der Waals surface area contributed by atoms with Gasteiger partial charge in [0.2, 0.25) is 0 Å². The van der Waals surface area contributed by atoms with Gasteiger partial charge in [-0.15, -0.1) is 23.7 Å². The molecule has 76 valence electrons. The minimum Gasteiger partial charge on any atom is -0.351 e. The summed E-state index contributed by atoms with van der Waals surface area (Å²) in [5.74, 6) is 0.362. The summed E-state index contributed by atoms with van der Waals surface area (Å²) in [6, 6.07) is 2.07. The fourth-order valence-electron chi connectivity index (χ4n) is 1.26. The molecule has 1 atom stereocenters. The average Bonchev–Trinajstić information content (AvgIpc) is 2.72. The minimum absolute atomic E-state index is 0. The number of nitrogens with zero attached hydrogens (tertiary/aromatic N) is 1.